The number of ether oxygens (including phenoxy) is 1. The lowest BCUT2D eigenvalue weighted by atomic mass is 10.1. The van der Waals surface area contributed by atoms with E-state index in [-0.39, 0.29) is 11.7 Å². The summed E-state index contributed by atoms with van der Waals surface area (Å²) in [6.07, 6.45) is 0.421. The van der Waals surface area contributed by atoms with E-state index in [1.165, 1.54) is 6.07 Å². The highest BCUT2D eigenvalue weighted by atomic mass is 19.1. The Balaban J connectivity index is 2.16. The van der Waals surface area contributed by atoms with E-state index in [2.05, 4.69) is 10.6 Å². The molecule has 0 fully saturated rings. The molecule has 1 aromatic carbocycles. The Morgan fingerprint density at radius 2 is 2.16 bits per heavy atom. The molecule has 19 heavy (non-hydrogen) atoms. The normalized spacial score (nSPS) is 10.5. The van der Waals surface area contributed by atoms with E-state index >= 15 is 0 Å². The van der Waals surface area contributed by atoms with Crippen molar-refractivity contribution in [2.45, 2.75) is 19.9 Å². The van der Waals surface area contributed by atoms with Gasteiger partial charge in [0.2, 0.25) is 5.91 Å². The molecule has 0 aliphatic rings. The van der Waals surface area contributed by atoms with Crippen molar-refractivity contribution in [1.82, 2.24) is 10.6 Å². The second kappa shape index (κ2) is 8.61. The van der Waals surface area contributed by atoms with Gasteiger partial charge >= 0.3 is 0 Å². The van der Waals surface area contributed by atoms with Crippen LogP contribution in [0.4, 0.5) is 4.39 Å². The summed E-state index contributed by atoms with van der Waals surface area (Å²) in [4.78, 5) is 11.4. The molecule has 0 atom stereocenters. The summed E-state index contributed by atoms with van der Waals surface area (Å²) >= 11 is 0. The van der Waals surface area contributed by atoms with Gasteiger partial charge in [-0.1, -0.05) is 12.1 Å². The second-order valence-electron chi connectivity index (χ2n) is 4.35. The monoisotopic (exact) mass is 268 g/mol. The van der Waals surface area contributed by atoms with Crippen LogP contribution in [0.1, 0.15) is 17.5 Å². The van der Waals surface area contributed by atoms with Crippen LogP contribution in [0.5, 0.6) is 0 Å². The Hall–Kier alpha value is -1.46. The number of methoxy groups -OCH3 is 1. The summed E-state index contributed by atoms with van der Waals surface area (Å²) in [5.41, 5.74) is 1.65. The highest BCUT2D eigenvalue weighted by Crippen LogP contribution is 2.08. The van der Waals surface area contributed by atoms with Crippen molar-refractivity contribution >= 4 is 5.91 Å². The second-order valence-corrected chi connectivity index (χ2v) is 4.35. The lowest BCUT2D eigenvalue weighted by molar-refractivity contribution is -0.121. The van der Waals surface area contributed by atoms with Crippen LogP contribution in [0.3, 0.4) is 0 Å². The summed E-state index contributed by atoms with van der Waals surface area (Å²) in [5.74, 6) is -0.193. The van der Waals surface area contributed by atoms with Gasteiger partial charge in [0, 0.05) is 33.2 Å². The van der Waals surface area contributed by atoms with Gasteiger partial charge in [-0.3, -0.25) is 4.79 Å². The van der Waals surface area contributed by atoms with Gasteiger partial charge in [-0.2, -0.15) is 0 Å². The maximum atomic E-state index is 13.1. The van der Waals surface area contributed by atoms with Gasteiger partial charge in [0.1, 0.15) is 5.82 Å². The average Bonchev–Trinajstić information content (AvgIpc) is 2.39. The van der Waals surface area contributed by atoms with Crippen LogP contribution >= 0.6 is 0 Å². The first kappa shape index (κ1) is 15.6. The van der Waals surface area contributed by atoms with Gasteiger partial charge in [0.05, 0.1) is 6.61 Å². The number of hydrogen-bond donors (Lipinski definition) is 2. The predicted molar refractivity (Wildman–Crippen MR) is 72.3 cm³/mol. The third-order valence-electron chi connectivity index (χ3n) is 2.71. The molecular formula is C14H21FN2O2. The van der Waals surface area contributed by atoms with Crippen LogP contribution < -0.4 is 10.6 Å². The number of carbonyl (C=O) groups is 1. The third-order valence-corrected chi connectivity index (χ3v) is 2.71. The molecule has 1 aromatic rings. The minimum absolute atomic E-state index is 0.000151. The lowest BCUT2D eigenvalue weighted by Crippen LogP contribution is -2.29. The van der Waals surface area contributed by atoms with E-state index in [1.54, 1.807) is 26.2 Å². The zero-order valence-electron chi connectivity index (χ0n) is 11.5. The number of benzene rings is 1. The Labute approximate surface area is 113 Å². The SMILES string of the molecule is COCCNC(=O)CCNCc1ccc(F)c(C)c1. The van der Waals surface area contributed by atoms with Gasteiger partial charge in [0.15, 0.2) is 0 Å². The molecule has 0 aromatic heterocycles. The van der Waals surface area contributed by atoms with Gasteiger partial charge < -0.3 is 15.4 Å². The van der Waals surface area contributed by atoms with Crippen LogP contribution in [0.25, 0.3) is 0 Å². The smallest absolute Gasteiger partial charge is 0.221 e. The minimum atomic E-state index is -0.193. The summed E-state index contributed by atoms with van der Waals surface area (Å²) in [7, 11) is 1.60. The molecule has 0 saturated carbocycles. The quantitative estimate of drug-likeness (QED) is 0.700. The maximum absolute atomic E-state index is 13.1. The molecule has 1 amide bonds. The van der Waals surface area contributed by atoms with Crippen molar-refractivity contribution in [2.75, 3.05) is 26.8 Å². The summed E-state index contributed by atoms with van der Waals surface area (Å²) in [5, 5.41) is 5.90. The molecule has 106 valence electrons. The third kappa shape index (κ3) is 6.31. The van der Waals surface area contributed by atoms with E-state index in [0.29, 0.717) is 38.2 Å². The number of carbonyl (C=O) groups excluding carboxylic acids is 1. The number of amides is 1. The van der Waals surface area contributed by atoms with E-state index in [0.717, 1.165) is 5.56 Å². The summed E-state index contributed by atoms with van der Waals surface area (Å²) < 4.78 is 17.9. The fourth-order valence-corrected chi connectivity index (χ4v) is 1.63. The molecule has 0 spiro atoms. The molecular weight excluding hydrogens is 247 g/mol. The maximum Gasteiger partial charge on any atom is 0.221 e. The molecule has 4 nitrogen and oxygen atoms in total. The fraction of sp³-hybridized carbons (Fsp3) is 0.500. The molecule has 1 rings (SSSR count). The molecule has 0 radical (unpaired) electrons. The van der Waals surface area contributed by atoms with Gasteiger partial charge in [-0.05, 0) is 24.1 Å². The molecule has 0 bridgehead atoms. The molecule has 2 N–H and O–H groups in total. The van der Waals surface area contributed by atoms with E-state index in [4.69, 9.17) is 4.74 Å². The number of nitrogens with one attached hydrogen (secondary N) is 2. The van der Waals surface area contributed by atoms with Crippen molar-refractivity contribution in [1.29, 1.82) is 0 Å². The number of rotatable bonds is 8. The standard InChI is InChI=1S/C14H21FN2O2/c1-11-9-12(3-4-13(11)15)10-16-6-5-14(18)17-7-8-19-2/h3-4,9,16H,5-8,10H2,1-2H3,(H,17,18). The summed E-state index contributed by atoms with van der Waals surface area (Å²) in [6, 6.07) is 5.01. The van der Waals surface area contributed by atoms with Crippen molar-refractivity contribution < 1.29 is 13.9 Å². The topological polar surface area (TPSA) is 50.4 Å². The number of hydrogen-bond acceptors (Lipinski definition) is 3. The zero-order chi connectivity index (χ0) is 14.1. The first-order chi connectivity index (χ1) is 9.13. The fourth-order valence-electron chi connectivity index (χ4n) is 1.63. The van der Waals surface area contributed by atoms with Crippen molar-refractivity contribution in [2.24, 2.45) is 0 Å². The molecule has 0 aliphatic heterocycles. The highest BCUT2D eigenvalue weighted by Gasteiger charge is 2.01. The highest BCUT2D eigenvalue weighted by molar-refractivity contribution is 5.76. The Morgan fingerprint density at radius 3 is 2.84 bits per heavy atom. The summed E-state index contributed by atoms with van der Waals surface area (Å²) in [6.45, 7) is 4.02. The van der Waals surface area contributed by atoms with Crippen LogP contribution in [-0.4, -0.2) is 32.7 Å². The number of aryl methyl sites for hydroxylation is 1. The molecule has 0 heterocycles. The van der Waals surface area contributed by atoms with Crippen LogP contribution in [-0.2, 0) is 16.1 Å². The van der Waals surface area contributed by atoms with Crippen molar-refractivity contribution in [3.05, 3.63) is 35.1 Å². The van der Waals surface area contributed by atoms with Gasteiger partial charge in [-0.25, -0.2) is 4.39 Å². The molecule has 0 unspecified atom stereocenters. The Morgan fingerprint density at radius 1 is 1.37 bits per heavy atom. The lowest BCUT2D eigenvalue weighted by Gasteiger charge is -2.07. The first-order valence-electron chi connectivity index (χ1n) is 6.35. The molecule has 0 saturated heterocycles. The largest absolute Gasteiger partial charge is 0.383 e. The first-order valence-corrected chi connectivity index (χ1v) is 6.35. The minimum Gasteiger partial charge on any atom is -0.383 e. The van der Waals surface area contributed by atoms with Gasteiger partial charge in [-0.15, -0.1) is 0 Å². The molecule has 0 aliphatic carbocycles. The zero-order valence-corrected chi connectivity index (χ0v) is 11.5. The predicted octanol–water partition coefficient (Wildman–Crippen LogP) is 1.38. The number of halogens is 1. The Kier molecular flexibility index (Phi) is 7.07. The van der Waals surface area contributed by atoms with Crippen LogP contribution in [0.2, 0.25) is 0 Å². The van der Waals surface area contributed by atoms with E-state index in [1.807, 2.05) is 0 Å². The van der Waals surface area contributed by atoms with Crippen molar-refractivity contribution in [3.8, 4) is 0 Å². The Bertz CT molecular complexity index is 410. The van der Waals surface area contributed by atoms with Crippen molar-refractivity contribution in [3.63, 3.8) is 0 Å². The van der Waals surface area contributed by atoms with Crippen LogP contribution in [0.15, 0.2) is 18.2 Å². The van der Waals surface area contributed by atoms with E-state index in [9.17, 15) is 9.18 Å². The molecule has 5 heteroatoms. The van der Waals surface area contributed by atoms with Crippen LogP contribution in [0, 0.1) is 12.7 Å². The van der Waals surface area contributed by atoms with E-state index < -0.39 is 0 Å². The van der Waals surface area contributed by atoms with Gasteiger partial charge in [0.25, 0.3) is 0 Å². The average molecular weight is 268 g/mol.